The van der Waals surface area contributed by atoms with Gasteiger partial charge in [0.1, 0.15) is 0 Å². The maximum absolute atomic E-state index is 12.0. The van der Waals surface area contributed by atoms with Gasteiger partial charge in [0, 0.05) is 5.75 Å². The molecule has 2 heterocycles. The van der Waals surface area contributed by atoms with E-state index in [0.29, 0.717) is 22.9 Å². The van der Waals surface area contributed by atoms with Crippen LogP contribution in [0.3, 0.4) is 0 Å². The zero-order valence-electron chi connectivity index (χ0n) is 10.4. The number of thioether (sulfide) groups is 1. The SMILES string of the molecule is O=C(NC1CCSC1=O)c1cc2ccccc2c(=O)o1. The number of rotatable bonds is 2. The fraction of sp³-hybridized carbons (Fsp3) is 0.214. The second-order valence-corrected chi connectivity index (χ2v) is 5.57. The second-order valence-electron chi connectivity index (χ2n) is 4.47. The van der Waals surface area contributed by atoms with Crippen molar-refractivity contribution >= 4 is 33.6 Å². The van der Waals surface area contributed by atoms with Gasteiger partial charge in [-0.05, 0) is 23.9 Å². The zero-order valence-corrected chi connectivity index (χ0v) is 11.2. The number of nitrogens with one attached hydrogen (secondary N) is 1. The Balaban J connectivity index is 1.92. The van der Waals surface area contributed by atoms with Crippen LogP contribution in [0.25, 0.3) is 10.8 Å². The third-order valence-electron chi connectivity index (χ3n) is 3.13. The summed E-state index contributed by atoms with van der Waals surface area (Å²) in [5.74, 6) is 0.0953. The summed E-state index contributed by atoms with van der Waals surface area (Å²) >= 11 is 1.20. The van der Waals surface area contributed by atoms with Crippen molar-refractivity contribution in [3.05, 3.63) is 46.5 Å². The normalized spacial score (nSPS) is 18.4. The van der Waals surface area contributed by atoms with Gasteiger partial charge in [-0.2, -0.15) is 0 Å². The molecular formula is C14H11NO4S. The molecule has 1 aliphatic rings. The first-order valence-corrected chi connectivity index (χ1v) is 7.14. The lowest BCUT2D eigenvalue weighted by Gasteiger charge is -2.09. The zero-order chi connectivity index (χ0) is 14.1. The average Bonchev–Trinajstić information content (AvgIpc) is 2.84. The van der Waals surface area contributed by atoms with Gasteiger partial charge in [-0.1, -0.05) is 30.0 Å². The lowest BCUT2D eigenvalue weighted by atomic mass is 10.1. The highest BCUT2D eigenvalue weighted by Gasteiger charge is 2.27. The highest BCUT2D eigenvalue weighted by atomic mass is 32.2. The van der Waals surface area contributed by atoms with E-state index in [-0.39, 0.29) is 10.9 Å². The summed E-state index contributed by atoms with van der Waals surface area (Å²) in [5, 5.41) is 3.61. The van der Waals surface area contributed by atoms with E-state index in [1.54, 1.807) is 24.3 Å². The predicted molar refractivity (Wildman–Crippen MR) is 75.8 cm³/mol. The largest absolute Gasteiger partial charge is 0.417 e. The first kappa shape index (κ1) is 12.9. The summed E-state index contributed by atoms with van der Waals surface area (Å²) in [4.78, 5) is 35.3. The molecule has 0 bridgehead atoms. The maximum Gasteiger partial charge on any atom is 0.344 e. The number of hydrogen-bond donors (Lipinski definition) is 1. The predicted octanol–water partition coefficient (Wildman–Crippen LogP) is 1.55. The third kappa shape index (κ3) is 2.34. The molecular weight excluding hydrogens is 278 g/mol. The van der Waals surface area contributed by atoms with Crippen LogP contribution in [0, 0.1) is 0 Å². The van der Waals surface area contributed by atoms with Gasteiger partial charge in [0.2, 0.25) is 5.12 Å². The van der Waals surface area contributed by atoms with Crippen LogP contribution < -0.4 is 10.9 Å². The Bertz CT molecular complexity index is 752. The van der Waals surface area contributed by atoms with Crippen LogP contribution in [0.2, 0.25) is 0 Å². The number of amides is 1. The van der Waals surface area contributed by atoms with Gasteiger partial charge in [0.15, 0.2) is 5.76 Å². The first-order valence-electron chi connectivity index (χ1n) is 6.15. The van der Waals surface area contributed by atoms with E-state index in [9.17, 15) is 14.4 Å². The summed E-state index contributed by atoms with van der Waals surface area (Å²) in [7, 11) is 0. The van der Waals surface area contributed by atoms with Gasteiger partial charge >= 0.3 is 5.63 Å². The topological polar surface area (TPSA) is 76.4 Å². The van der Waals surface area contributed by atoms with Gasteiger partial charge in [-0.15, -0.1) is 0 Å². The van der Waals surface area contributed by atoms with Crippen molar-refractivity contribution in [1.82, 2.24) is 5.32 Å². The minimum absolute atomic E-state index is 0.0542. The van der Waals surface area contributed by atoms with Crippen LogP contribution in [-0.2, 0) is 4.79 Å². The average molecular weight is 289 g/mol. The van der Waals surface area contributed by atoms with Crippen LogP contribution in [0.15, 0.2) is 39.5 Å². The molecule has 102 valence electrons. The van der Waals surface area contributed by atoms with E-state index in [2.05, 4.69) is 5.32 Å². The molecule has 1 atom stereocenters. The van der Waals surface area contributed by atoms with Crippen molar-refractivity contribution in [3.63, 3.8) is 0 Å². The molecule has 1 aliphatic heterocycles. The van der Waals surface area contributed by atoms with Crippen molar-refractivity contribution in [2.24, 2.45) is 0 Å². The molecule has 2 aromatic rings. The summed E-state index contributed by atoms with van der Waals surface area (Å²) in [6, 6.07) is 7.90. The van der Waals surface area contributed by atoms with Crippen molar-refractivity contribution in [1.29, 1.82) is 0 Å². The third-order valence-corrected chi connectivity index (χ3v) is 4.14. The molecule has 0 aliphatic carbocycles. The Morgan fingerprint density at radius 2 is 2.10 bits per heavy atom. The Morgan fingerprint density at radius 1 is 1.30 bits per heavy atom. The van der Waals surface area contributed by atoms with Crippen molar-refractivity contribution in [2.75, 3.05) is 5.75 Å². The van der Waals surface area contributed by atoms with Gasteiger partial charge in [0.25, 0.3) is 5.91 Å². The molecule has 0 spiro atoms. The molecule has 6 heteroatoms. The number of hydrogen-bond acceptors (Lipinski definition) is 5. The summed E-state index contributed by atoms with van der Waals surface area (Å²) in [6.07, 6.45) is 0.604. The summed E-state index contributed by atoms with van der Waals surface area (Å²) < 4.78 is 5.01. The van der Waals surface area contributed by atoms with Crippen molar-refractivity contribution in [3.8, 4) is 0 Å². The highest BCUT2D eigenvalue weighted by molar-refractivity contribution is 8.14. The monoisotopic (exact) mass is 289 g/mol. The van der Waals surface area contributed by atoms with Crippen LogP contribution in [0.1, 0.15) is 17.0 Å². The molecule has 1 aromatic heterocycles. The molecule has 1 amide bonds. The highest BCUT2D eigenvalue weighted by Crippen LogP contribution is 2.20. The van der Waals surface area contributed by atoms with Gasteiger partial charge in [0.05, 0.1) is 11.4 Å². The maximum atomic E-state index is 12.0. The van der Waals surface area contributed by atoms with Gasteiger partial charge < -0.3 is 9.73 Å². The van der Waals surface area contributed by atoms with Crippen LogP contribution in [-0.4, -0.2) is 22.8 Å². The van der Waals surface area contributed by atoms with Crippen LogP contribution in [0.5, 0.6) is 0 Å². The van der Waals surface area contributed by atoms with E-state index in [4.69, 9.17) is 4.42 Å². The lowest BCUT2D eigenvalue weighted by molar-refractivity contribution is -0.112. The lowest BCUT2D eigenvalue weighted by Crippen LogP contribution is -2.37. The summed E-state index contributed by atoms with van der Waals surface area (Å²) in [5.41, 5.74) is -0.555. The minimum atomic E-state index is -0.555. The number of fused-ring (bicyclic) bond motifs is 1. The van der Waals surface area contributed by atoms with E-state index in [1.807, 2.05) is 0 Å². The minimum Gasteiger partial charge on any atom is -0.417 e. The smallest absolute Gasteiger partial charge is 0.344 e. The second kappa shape index (κ2) is 5.13. The molecule has 5 nitrogen and oxygen atoms in total. The molecule has 0 saturated carbocycles. The van der Waals surface area contributed by atoms with Crippen LogP contribution in [0.4, 0.5) is 0 Å². The molecule has 1 aromatic carbocycles. The Kier molecular flexibility index (Phi) is 3.31. The van der Waals surface area contributed by atoms with E-state index in [1.165, 1.54) is 17.8 Å². The molecule has 0 radical (unpaired) electrons. The number of benzene rings is 1. The Hall–Kier alpha value is -2.08. The quantitative estimate of drug-likeness (QED) is 0.907. The van der Waals surface area contributed by atoms with Gasteiger partial charge in [-0.25, -0.2) is 4.79 Å². The van der Waals surface area contributed by atoms with E-state index >= 15 is 0 Å². The molecule has 3 rings (SSSR count). The standard InChI is InChI=1S/C14H11NO4S/c16-12(15-10-5-6-20-14(10)18)11-7-8-3-1-2-4-9(8)13(17)19-11/h1-4,7,10H,5-6H2,(H,15,16). The molecule has 1 N–H and O–H groups in total. The van der Waals surface area contributed by atoms with Crippen molar-refractivity contribution in [2.45, 2.75) is 12.5 Å². The van der Waals surface area contributed by atoms with Crippen LogP contribution >= 0.6 is 11.8 Å². The molecule has 20 heavy (non-hydrogen) atoms. The van der Waals surface area contributed by atoms with Gasteiger partial charge in [-0.3, -0.25) is 9.59 Å². The Morgan fingerprint density at radius 3 is 2.85 bits per heavy atom. The Labute approximate surface area is 118 Å². The molecule has 1 saturated heterocycles. The fourth-order valence-electron chi connectivity index (χ4n) is 2.10. The molecule has 1 fully saturated rings. The molecule has 1 unspecified atom stereocenters. The fourth-order valence-corrected chi connectivity index (χ4v) is 3.04. The van der Waals surface area contributed by atoms with E-state index in [0.717, 1.165) is 0 Å². The number of carbonyl (C=O) groups excluding carboxylic acids is 2. The van der Waals surface area contributed by atoms with Crippen molar-refractivity contribution < 1.29 is 14.0 Å². The first-order chi connectivity index (χ1) is 9.65. The number of carbonyl (C=O) groups is 2. The van der Waals surface area contributed by atoms with E-state index < -0.39 is 17.6 Å². The summed E-state index contributed by atoms with van der Waals surface area (Å²) in [6.45, 7) is 0.